The number of hydrogen-bond donors (Lipinski definition) is 1. The average molecular weight is 266 g/mol. The summed E-state index contributed by atoms with van der Waals surface area (Å²) in [5.41, 5.74) is -0.944. The zero-order valence-corrected chi connectivity index (χ0v) is 12.1. The minimum atomic E-state index is -0.953. The summed E-state index contributed by atoms with van der Waals surface area (Å²) in [6.07, 6.45) is 1.99. The van der Waals surface area contributed by atoms with Crippen LogP contribution in [0.3, 0.4) is 0 Å². The molecular weight excluding hydrogens is 244 g/mol. The molecule has 0 aromatic carbocycles. The van der Waals surface area contributed by atoms with Crippen molar-refractivity contribution in [3.05, 3.63) is 0 Å². The third-order valence-corrected chi connectivity index (χ3v) is 4.70. The number of imide groups is 2. The standard InChI is InChI=1S/C14H22N2O3/c1-9(13(2,3)4)8-16-11(18)14(6-5-7-14)10(17)15-12(16)19/h9H,5-8H2,1-4H3,(H,15,17,19). The molecule has 2 rings (SSSR count). The average Bonchev–Trinajstić information content (AvgIpc) is 2.20. The van der Waals surface area contributed by atoms with Crippen LogP contribution in [0.15, 0.2) is 0 Å². The van der Waals surface area contributed by atoms with E-state index in [0.29, 0.717) is 19.4 Å². The Kier molecular flexibility index (Phi) is 3.19. The van der Waals surface area contributed by atoms with E-state index in [-0.39, 0.29) is 17.2 Å². The summed E-state index contributed by atoms with van der Waals surface area (Å²) in [5.74, 6) is -0.537. The van der Waals surface area contributed by atoms with E-state index in [9.17, 15) is 14.4 Å². The Bertz CT molecular complexity index is 432. The van der Waals surface area contributed by atoms with Gasteiger partial charge < -0.3 is 0 Å². The van der Waals surface area contributed by atoms with Crippen LogP contribution >= 0.6 is 0 Å². The molecule has 19 heavy (non-hydrogen) atoms. The van der Waals surface area contributed by atoms with E-state index in [0.717, 1.165) is 6.42 Å². The van der Waals surface area contributed by atoms with Gasteiger partial charge in [-0.05, 0) is 24.2 Å². The lowest BCUT2D eigenvalue weighted by Crippen LogP contribution is -2.66. The Labute approximate surface area is 113 Å². The number of amides is 4. The summed E-state index contributed by atoms with van der Waals surface area (Å²) in [6, 6.07) is -0.566. The van der Waals surface area contributed by atoms with Crippen LogP contribution < -0.4 is 5.32 Å². The van der Waals surface area contributed by atoms with Crippen LogP contribution in [-0.2, 0) is 9.59 Å². The van der Waals surface area contributed by atoms with Crippen LogP contribution in [-0.4, -0.2) is 29.3 Å². The fourth-order valence-electron chi connectivity index (χ4n) is 2.42. The van der Waals surface area contributed by atoms with Crippen molar-refractivity contribution in [2.75, 3.05) is 6.54 Å². The maximum Gasteiger partial charge on any atom is 0.330 e. The lowest BCUT2D eigenvalue weighted by molar-refractivity contribution is -0.158. The van der Waals surface area contributed by atoms with Gasteiger partial charge in [-0.1, -0.05) is 34.1 Å². The molecule has 4 amide bonds. The summed E-state index contributed by atoms with van der Waals surface area (Å²) in [4.78, 5) is 37.4. The molecule has 5 nitrogen and oxygen atoms in total. The maximum absolute atomic E-state index is 12.5. The van der Waals surface area contributed by atoms with Crippen molar-refractivity contribution in [1.82, 2.24) is 10.2 Å². The monoisotopic (exact) mass is 266 g/mol. The van der Waals surface area contributed by atoms with Gasteiger partial charge in [-0.25, -0.2) is 4.79 Å². The van der Waals surface area contributed by atoms with E-state index in [2.05, 4.69) is 26.1 Å². The Morgan fingerprint density at radius 2 is 1.84 bits per heavy atom. The van der Waals surface area contributed by atoms with E-state index in [1.807, 2.05) is 6.92 Å². The van der Waals surface area contributed by atoms with Gasteiger partial charge in [-0.15, -0.1) is 0 Å². The quantitative estimate of drug-likeness (QED) is 0.776. The number of carbonyl (C=O) groups excluding carboxylic acids is 3. The predicted octanol–water partition coefficient (Wildman–Crippen LogP) is 1.92. The molecule has 5 heteroatoms. The summed E-state index contributed by atoms with van der Waals surface area (Å²) >= 11 is 0. The van der Waals surface area contributed by atoms with Gasteiger partial charge in [-0.3, -0.25) is 19.8 Å². The first-order valence-corrected chi connectivity index (χ1v) is 6.86. The number of barbiturate groups is 1. The van der Waals surface area contributed by atoms with Gasteiger partial charge in [0.15, 0.2) is 0 Å². The van der Waals surface area contributed by atoms with Gasteiger partial charge in [0.05, 0.1) is 0 Å². The maximum atomic E-state index is 12.5. The molecule has 0 radical (unpaired) electrons. The van der Waals surface area contributed by atoms with E-state index >= 15 is 0 Å². The van der Waals surface area contributed by atoms with E-state index in [1.54, 1.807) is 0 Å². The third-order valence-electron chi connectivity index (χ3n) is 4.70. The van der Waals surface area contributed by atoms with Crippen molar-refractivity contribution < 1.29 is 14.4 Å². The molecular formula is C14H22N2O3. The lowest BCUT2D eigenvalue weighted by atomic mass is 9.66. The molecule has 1 saturated heterocycles. The molecule has 2 fully saturated rings. The zero-order valence-electron chi connectivity index (χ0n) is 12.1. The molecule has 1 spiro atoms. The van der Waals surface area contributed by atoms with Crippen molar-refractivity contribution in [2.45, 2.75) is 47.0 Å². The number of rotatable bonds is 2. The molecule has 0 aromatic heterocycles. The van der Waals surface area contributed by atoms with Crippen LogP contribution in [0.2, 0.25) is 0 Å². The molecule has 1 unspecified atom stereocenters. The lowest BCUT2D eigenvalue weighted by Gasteiger charge is -2.45. The SMILES string of the molecule is CC(CN1C(=O)NC(=O)C2(CCC2)C1=O)C(C)(C)C. The third kappa shape index (κ3) is 2.15. The number of carbonyl (C=O) groups is 3. The first-order chi connectivity index (χ1) is 8.68. The van der Waals surface area contributed by atoms with Crippen molar-refractivity contribution in [3.63, 3.8) is 0 Å². The highest BCUT2D eigenvalue weighted by Gasteiger charge is 2.57. The van der Waals surface area contributed by atoms with E-state index < -0.39 is 17.4 Å². The van der Waals surface area contributed by atoms with Gasteiger partial charge in [0.2, 0.25) is 11.8 Å². The smallest absolute Gasteiger partial charge is 0.277 e. The fraction of sp³-hybridized carbons (Fsp3) is 0.786. The number of nitrogens with one attached hydrogen (secondary N) is 1. The highest BCUT2D eigenvalue weighted by molar-refractivity contribution is 6.19. The van der Waals surface area contributed by atoms with Gasteiger partial charge in [-0.2, -0.15) is 0 Å². The molecule has 1 heterocycles. The highest BCUT2D eigenvalue weighted by atomic mass is 16.2. The van der Waals surface area contributed by atoms with Crippen molar-refractivity contribution in [3.8, 4) is 0 Å². The number of urea groups is 1. The topological polar surface area (TPSA) is 66.5 Å². The first-order valence-electron chi connectivity index (χ1n) is 6.86. The van der Waals surface area contributed by atoms with E-state index in [1.165, 1.54) is 4.90 Å². The fourth-order valence-corrected chi connectivity index (χ4v) is 2.42. The molecule has 0 aromatic rings. The normalized spacial score (nSPS) is 24.2. The van der Waals surface area contributed by atoms with Crippen molar-refractivity contribution in [2.24, 2.45) is 16.7 Å². The number of hydrogen-bond acceptors (Lipinski definition) is 3. The second-order valence-electron chi connectivity index (χ2n) is 6.88. The van der Waals surface area contributed by atoms with Crippen LogP contribution in [0, 0.1) is 16.7 Å². The molecule has 1 aliphatic heterocycles. The van der Waals surface area contributed by atoms with Crippen LogP contribution in [0.4, 0.5) is 4.79 Å². The van der Waals surface area contributed by atoms with Gasteiger partial charge in [0, 0.05) is 6.54 Å². The number of nitrogens with zero attached hydrogens (tertiary/aromatic N) is 1. The summed E-state index contributed by atoms with van der Waals surface area (Å²) in [5, 5.41) is 2.34. The van der Waals surface area contributed by atoms with Gasteiger partial charge in [0.1, 0.15) is 5.41 Å². The second kappa shape index (κ2) is 4.32. The predicted molar refractivity (Wildman–Crippen MR) is 70.2 cm³/mol. The summed E-state index contributed by atoms with van der Waals surface area (Å²) in [7, 11) is 0. The Morgan fingerprint density at radius 1 is 1.26 bits per heavy atom. The minimum absolute atomic E-state index is 0.00872. The van der Waals surface area contributed by atoms with Crippen LogP contribution in [0.25, 0.3) is 0 Å². The molecule has 1 saturated carbocycles. The minimum Gasteiger partial charge on any atom is -0.277 e. The van der Waals surface area contributed by atoms with Crippen LogP contribution in [0.5, 0.6) is 0 Å². The van der Waals surface area contributed by atoms with Crippen molar-refractivity contribution >= 4 is 17.8 Å². The molecule has 1 atom stereocenters. The Balaban J connectivity index is 2.18. The van der Waals surface area contributed by atoms with Crippen LogP contribution in [0.1, 0.15) is 47.0 Å². The van der Waals surface area contributed by atoms with Crippen molar-refractivity contribution in [1.29, 1.82) is 0 Å². The van der Waals surface area contributed by atoms with Gasteiger partial charge in [0.25, 0.3) is 0 Å². The summed E-state index contributed by atoms with van der Waals surface area (Å²) < 4.78 is 0. The molecule has 106 valence electrons. The first kappa shape index (κ1) is 14.0. The molecule has 1 N–H and O–H groups in total. The molecule has 1 aliphatic carbocycles. The molecule has 0 bridgehead atoms. The summed E-state index contributed by atoms with van der Waals surface area (Å²) in [6.45, 7) is 8.62. The largest absolute Gasteiger partial charge is 0.330 e. The Hall–Kier alpha value is -1.39. The zero-order chi connectivity index (χ0) is 14.4. The second-order valence-corrected chi connectivity index (χ2v) is 6.88. The molecule has 2 aliphatic rings. The van der Waals surface area contributed by atoms with E-state index in [4.69, 9.17) is 0 Å². The Morgan fingerprint density at radius 3 is 2.26 bits per heavy atom. The van der Waals surface area contributed by atoms with Gasteiger partial charge >= 0.3 is 6.03 Å². The highest BCUT2D eigenvalue weighted by Crippen LogP contribution is 2.44.